The van der Waals surface area contributed by atoms with E-state index >= 15 is 0 Å². The lowest BCUT2D eigenvalue weighted by Crippen LogP contribution is -2.30. The van der Waals surface area contributed by atoms with E-state index in [-0.39, 0.29) is 0 Å². The number of halogens is 1. The van der Waals surface area contributed by atoms with E-state index in [1.807, 2.05) is 13.1 Å². The molecule has 3 heteroatoms. The number of nitrogens with two attached hydrogens (primary N) is 1. The van der Waals surface area contributed by atoms with E-state index in [0.29, 0.717) is 17.7 Å². The van der Waals surface area contributed by atoms with Crippen molar-refractivity contribution >= 4 is 11.6 Å². The van der Waals surface area contributed by atoms with Gasteiger partial charge in [0.15, 0.2) is 0 Å². The highest BCUT2D eigenvalue weighted by molar-refractivity contribution is 6.17. The first kappa shape index (κ1) is 14.5. The Morgan fingerprint density at radius 2 is 1.94 bits per heavy atom. The van der Waals surface area contributed by atoms with Crippen LogP contribution in [0.15, 0.2) is 24.3 Å². The van der Waals surface area contributed by atoms with Gasteiger partial charge in [0.25, 0.3) is 0 Å². The van der Waals surface area contributed by atoms with Gasteiger partial charge in [0.1, 0.15) is 0 Å². The molecule has 2 atom stereocenters. The number of hydrogen-bond donors (Lipinski definition) is 2. The second-order valence-corrected chi connectivity index (χ2v) is 4.90. The lowest BCUT2D eigenvalue weighted by molar-refractivity contribution is 0.352. The largest absolute Gasteiger partial charge is 0.330 e. The van der Waals surface area contributed by atoms with Gasteiger partial charge in [0, 0.05) is 5.88 Å². The summed E-state index contributed by atoms with van der Waals surface area (Å²) < 4.78 is 0. The highest BCUT2D eigenvalue weighted by Crippen LogP contribution is 2.20. The van der Waals surface area contributed by atoms with Crippen LogP contribution in [0.4, 0.5) is 0 Å². The predicted molar refractivity (Wildman–Crippen MR) is 75.3 cm³/mol. The molecular weight excluding hydrogens is 232 g/mol. The van der Waals surface area contributed by atoms with Crippen molar-refractivity contribution in [1.82, 2.24) is 5.32 Å². The van der Waals surface area contributed by atoms with Crippen molar-refractivity contribution in [3.8, 4) is 0 Å². The predicted octanol–water partition coefficient (Wildman–Crippen LogP) is 2.40. The molecule has 1 rings (SSSR count). The molecular formula is C14H23ClN2. The Bertz CT molecular complexity index is 328. The van der Waals surface area contributed by atoms with E-state index in [1.165, 1.54) is 11.1 Å². The second kappa shape index (κ2) is 7.70. The Balaban J connectivity index is 2.77. The molecule has 1 aromatic carbocycles. The lowest BCUT2D eigenvalue weighted by Gasteiger charge is -2.23. The Hall–Kier alpha value is -0.570. The molecule has 0 amide bonds. The summed E-state index contributed by atoms with van der Waals surface area (Å²) in [6.45, 7) is 3.94. The van der Waals surface area contributed by atoms with Crippen molar-refractivity contribution in [1.29, 1.82) is 0 Å². The molecule has 1 aromatic rings. The quantitative estimate of drug-likeness (QED) is 0.734. The molecule has 0 aromatic heterocycles. The van der Waals surface area contributed by atoms with Crippen molar-refractivity contribution in [3.63, 3.8) is 0 Å². The molecule has 0 radical (unpaired) electrons. The number of rotatable bonds is 7. The van der Waals surface area contributed by atoms with Gasteiger partial charge in [-0.15, -0.1) is 11.6 Å². The highest BCUT2D eigenvalue weighted by Gasteiger charge is 2.17. The normalized spacial score (nSPS) is 14.6. The number of hydrogen-bond acceptors (Lipinski definition) is 2. The van der Waals surface area contributed by atoms with E-state index in [2.05, 4.69) is 30.4 Å². The minimum absolute atomic E-state index is 0.519. The van der Waals surface area contributed by atoms with E-state index in [4.69, 9.17) is 17.3 Å². The molecule has 0 aliphatic rings. The molecule has 0 saturated carbocycles. The van der Waals surface area contributed by atoms with Gasteiger partial charge in [0.2, 0.25) is 0 Å². The van der Waals surface area contributed by atoms with E-state index in [0.717, 1.165) is 19.5 Å². The first-order valence-corrected chi connectivity index (χ1v) is 6.73. The molecule has 0 heterocycles. The van der Waals surface area contributed by atoms with Gasteiger partial charge in [-0.3, -0.25) is 0 Å². The van der Waals surface area contributed by atoms with Crippen LogP contribution in [0.25, 0.3) is 0 Å². The summed E-state index contributed by atoms with van der Waals surface area (Å²) in [5.41, 5.74) is 8.36. The van der Waals surface area contributed by atoms with Crippen molar-refractivity contribution in [2.75, 3.05) is 20.1 Å². The summed E-state index contributed by atoms with van der Waals surface area (Å²) in [6, 6.07) is 8.39. The van der Waals surface area contributed by atoms with Crippen LogP contribution < -0.4 is 11.1 Å². The van der Waals surface area contributed by atoms with Crippen molar-refractivity contribution in [2.45, 2.75) is 19.2 Å². The fourth-order valence-corrected chi connectivity index (χ4v) is 2.36. The highest BCUT2D eigenvalue weighted by atomic mass is 35.5. The molecule has 0 fully saturated rings. The van der Waals surface area contributed by atoms with E-state index in [9.17, 15) is 0 Å². The van der Waals surface area contributed by atoms with Gasteiger partial charge in [0.05, 0.1) is 0 Å². The molecule has 0 aliphatic carbocycles. The molecule has 2 unspecified atom stereocenters. The zero-order chi connectivity index (χ0) is 12.7. The summed E-state index contributed by atoms with van der Waals surface area (Å²) in [7, 11) is 1.99. The first-order valence-electron chi connectivity index (χ1n) is 6.20. The Morgan fingerprint density at radius 1 is 1.29 bits per heavy atom. The van der Waals surface area contributed by atoms with Crippen LogP contribution in [0.2, 0.25) is 0 Å². The van der Waals surface area contributed by atoms with Crippen LogP contribution in [-0.4, -0.2) is 20.1 Å². The molecule has 96 valence electrons. The summed E-state index contributed by atoms with van der Waals surface area (Å²) >= 11 is 5.97. The van der Waals surface area contributed by atoms with Crippen LogP contribution >= 0.6 is 11.6 Å². The Kier molecular flexibility index (Phi) is 6.56. The van der Waals surface area contributed by atoms with Gasteiger partial charge in [-0.2, -0.15) is 0 Å². The van der Waals surface area contributed by atoms with Gasteiger partial charge in [-0.1, -0.05) is 31.2 Å². The molecule has 17 heavy (non-hydrogen) atoms. The zero-order valence-corrected chi connectivity index (χ0v) is 11.5. The van der Waals surface area contributed by atoms with E-state index < -0.39 is 0 Å². The summed E-state index contributed by atoms with van der Waals surface area (Å²) in [6.07, 6.45) is 1.04. The fourth-order valence-electron chi connectivity index (χ4n) is 2.10. The molecule has 0 saturated heterocycles. The minimum atomic E-state index is 0.519. The van der Waals surface area contributed by atoms with Gasteiger partial charge in [-0.25, -0.2) is 0 Å². The summed E-state index contributed by atoms with van der Waals surface area (Å²) in [5.74, 6) is 1.67. The third-order valence-electron chi connectivity index (χ3n) is 3.39. The molecule has 0 spiro atoms. The average Bonchev–Trinajstić information content (AvgIpc) is 2.38. The summed E-state index contributed by atoms with van der Waals surface area (Å²) in [5, 5.41) is 3.25. The van der Waals surface area contributed by atoms with Gasteiger partial charge in [-0.05, 0) is 49.5 Å². The van der Waals surface area contributed by atoms with Crippen LogP contribution in [0.3, 0.4) is 0 Å². The summed E-state index contributed by atoms with van der Waals surface area (Å²) in [4.78, 5) is 0. The number of benzene rings is 1. The standard InChI is InChI=1S/C14H23ClN2/c1-11(9-16)14(10-17-2)7-12-5-3-4-6-13(12)8-15/h3-6,11,14,17H,7-10,16H2,1-2H3. The Labute approximate surface area is 110 Å². The van der Waals surface area contributed by atoms with Crippen molar-refractivity contribution < 1.29 is 0 Å². The zero-order valence-electron chi connectivity index (χ0n) is 10.7. The SMILES string of the molecule is CNCC(Cc1ccccc1CCl)C(C)CN. The lowest BCUT2D eigenvalue weighted by atomic mass is 9.86. The molecule has 0 aliphatic heterocycles. The van der Waals surface area contributed by atoms with Crippen LogP contribution in [0.5, 0.6) is 0 Å². The number of nitrogens with one attached hydrogen (secondary N) is 1. The maximum Gasteiger partial charge on any atom is 0.0476 e. The minimum Gasteiger partial charge on any atom is -0.330 e. The van der Waals surface area contributed by atoms with Crippen molar-refractivity contribution in [2.24, 2.45) is 17.6 Å². The maximum atomic E-state index is 5.97. The van der Waals surface area contributed by atoms with Crippen LogP contribution in [-0.2, 0) is 12.3 Å². The maximum absolute atomic E-state index is 5.97. The van der Waals surface area contributed by atoms with Crippen molar-refractivity contribution in [3.05, 3.63) is 35.4 Å². The smallest absolute Gasteiger partial charge is 0.0476 e. The van der Waals surface area contributed by atoms with Gasteiger partial charge >= 0.3 is 0 Å². The van der Waals surface area contributed by atoms with Crippen LogP contribution in [0.1, 0.15) is 18.1 Å². The topological polar surface area (TPSA) is 38.0 Å². The Morgan fingerprint density at radius 3 is 2.47 bits per heavy atom. The monoisotopic (exact) mass is 254 g/mol. The second-order valence-electron chi connectivity index (χ2n) is 4.64. The molecule has 0 bridgehead atoms. The average molecular weight is 255 g/mol. The van der Waals surface area contributed by atoms with E-state index in [1.54, 1.807) is 0 Å². The molecule has 2 nitrogen and oxygen atoms in total. The number of alkyl halides is 1. The third-order valence-corrected chi connectivity index (χ3v) is 3.68. The van der Waals surface area contributed by atoms with Crippen LogP contribution in [0, 0.1) is 11.8 Å². The van der Waals surface area contributed by atoms with Gasteiger partial charge < -0.3 is 11.1 Å². The molecule has 3 N–H and O–H groups in total. The first-order chi connectivity index (χ1) is 8.22. The third kappa shape index (κ3) is 4.30. The fraction of sp³-hybridized carbons (Fsp3) is 0.571.